The first-order chi connectivity index (χ1) is 13.1. The van der Waals surface area contributed by atoms with Crippen LogP contribution in [0.3, 0.4) is 0 Å². The molecule has 1 N–H and O–H groups in total. The van der Waals surface area contributed by atoms with Gasteiger partial charge in [0.2, 0.25) is 0 Å². The summed E-state index contributed by atoms with van der Waals surface area (Å²) in [5, 5.41) is 3.30. The van der Waals surface area contributed by atoms with Crippen molar-refractivity contribution in [1.82, 2.24) is 4.90 Å². The molecule has 2 aromatic carbocycles. The topological polar surface area (TPSA) is 58.6 Å². The van der Waals surface area contributed by atoms with Gasteiger partial charge in [0.15, 0.2) is 6.10 Å². The number of amides is 2. The van der Waals surface area contributed by atoms with Crippen molar-refractivity contribution in [2.24, 2.45) is 0 Å². The molecule has 0 bridgehead atoms. The van der Waals surface area contributed by atoms with E-state index in [-0.39, 0.29) is 11.8 Å². The monoisotopic (exact) mass is 386 g/mol. The van der Waals surface area contributed by atoms with Gasteiger partial charge in [-0.15, -0.1) is 0 Å². The van der Waals surface area contributed by atoms with Crippen LogP contribution in [0, 0.1) is 0 Å². The van der Waals surface area contributed by atoms with Gasteiger partial charge < -0.3 is 15.0 Å². The highest BCUT2D eigenvalue weighted by molar-refractivity contribution is 6.32. The summed E-state index contributed by atoms with van der Waals surface area (Å²) < 4.78 is 5.79. The Morgan fingerprint density at radius 2 is 1.78 bits per heavy atom. The van der Waals surface area contributed by atoms with Crippen LogP contribution >= 0.6 is 11.6 Å². The van der Waals surface area contributed by atoms with Crippen LogP contribution in [0.15, 0.2) is 48.5 Å². The molecule has 0 aromatic heterocycles. The van der Waals surface area contributed by atoms with Gasteiger partial charge in [-0.2, -0.15) is 0 Å². The molecule has 142 valence electrons. The van der Waals surface area contributed by atoms with E-state index in [2.05, 4.69) is 5.32 Å². The minimum absolute atomic E-state index is 0.0523. The molecule has 0 spiro atoms. The summed E-state index contributed by atoms with van der Waals surface area (Å²) in [6.07, 6.45) is 1.80. The van der Waals surface area contributed by atoms with Crippen molar-refractivity contribution >= 4 is 29.1 Å². The number of likely N-dealkylation sites (tertiary alicyclic amines) is 1. The molecule has 0 radical (unpaired) electrons. The van der Waals surface area contributed by atoms with Gasteiger partial charge >= 0.3 is 0 Å². The molecule has 1 saturated heterocycles. The van der Waals surface area contributed by atoms with Crippen LogP contribution in [0.25, 0.3) is 0 Å². The summed E-state index contributed by atoms with van der Waals surface area (Å²) in [6.45, 7) is 3.38. The number of nitrogens with zero attached hydrogens (tertiary/aromatic N) is 1. The van der Waals surface area contributed by atoms with Gasteiger partial charge in [-0.3, -0.25) is 9.59 Å². The van der Waals surface area contributed by atoms with E-state index in [1.807, 2.05) is 11.8 Å². The number of hydrogen-bond acceptors (Lipinski definition) is 3. The third-order valence-corrected chi connectivity index (χ3v) is 4.89. The van der Waals surface area contributed by atoms with Crippen molar-refractivity contribution in [3.05, 3.63) is 59.1 Å². The van der Waals surface area contributed by atoms with E-state index in [1.54, 1.807) is 48.5 Å². The minimum atomic E-state index is -0.708. The smallest absolute Gasteiger partial charge is 0.265 e. The molecule has 0 aliphatic carbocycles. The number of carbonyl (C=O) groups excluding carboxylic acids is 2. The molecule has 2 amide bonds. The zero-order valence-electron chi connectivity index (χ0n) is 15.3. The predicted octanol–water partition coefficient (Wildman–Crippen LogP) is 4.37. The van der Waals surface area contributed by atoms with Gasteiger partial charge in [-0.25, -0.2) is 0 Å². The number of ether oxygens (including phenoxy) is 1. The van der Waals surface area contributed by atoms with E-state index >= 15 is 0 Å². The fourth-order valence-corrected chi connectivity index (χ4v) is 3.28. The quantitative estimate of drug-likeness (QED) is 0.801. The molecule has 0 unspecified atom stereocenters. The molecule has 1 fully saturated rings. The maximum Gasteiger partial charge on any atom is 0.265 e. The summed E-state index contributed by atoms with van der Waals surface area (Å²) in [4.78, 5) is 27.3. The van der Waals surface area contributed by atoms with Crippen LogP contribution in [0.2, 0.25) is 5.02 Å². The molecule has 1 heterocycles. The second-order valence-electron chi connectivity index (χ2n) is 6.48. The number of benzene rings is 2. The number of hydrogen-bond donors (Lipinski definition) is 1. The van der Waals surface area contributed by atoms with Crippen molar-refractivity contribution in [2.45, 2.75) is 32.3 Å². The van der Waals surface area contributed by atoms with Crippen molar-refractivity contribution in [1.29, 1.82) is 0 Å². The van der Waals surface area contributed by atoms with Crippen LogP contribution in [0.1, 0.15) is 36.5 Å². The highest BCUT2D eigenvalue weighted by Crippen LogP contribution is 2.26. The second-order valence-corrected chi connectivity index (χ2v) is 6.89. The number of anilines is 1. The first-order valence-corrected chi connectivity index (χ1v) is 9.58. The SMILES string of the molecule is CC[C@@H](Oc1ccccc1Cl)C(=O)Nc1ccccc1C(=O)N1CCCC1. The van der Waals surface area contributed by atoms with Gasteiger partial charge in [-0.1, -0.05) is 42.8 Å². The average Bonchev–Trinajstić information content (AvgIpc) is 3.22. The molecule has 1 aliphatic rings. The van der Waals surface area contributed by atoms with E-state index in [9.17, 15) is 9.59 Å². The van der Waals surface area contributed by atoms with Crippen molar-refractivity contribution in [3.8, 4) is 5.75 Å². The minimum Gasteiger partial charge on any atom is -0.479 e. The fourth-order valence-electron chi connectivity index (χ4n) is 3.10. The van der Waals surface area contributed by atoms with Gasteiger partial charge in [0, 0.05) is 13.1 Å². The lowest BCUT2D eigenvalue weighted by Gasteiger charge is -2.20. The maximum atomic E-state index is 12.8. The normalized spacial score (nSPS) is 14.7. The number of nitrogens with one attached hydrogen (secondary N) is 1. The van der Waals surface area contributed by atoms with Gasteiger partial charge in [0.05, 0.1) is 16.3 Å². The molecule has 0 saturated carbocycles. The van der Waals surface area contributed by atoms with E-state index in [0.717, 1.165) is 25.9 Å². The lowest BCUT2D eigenvalue weighted by Crippen LogP contribution is -2.34. The van der Waals surface area contributed by atoms with Crippen LogP contribution < -0.4 is 10.1 Å². The Kier molecular flexibility index (Phi) is 6.35. The number of carbonyl (C=O) groups is 2. The molecule has 1 aliphatic heterocycles. The average molecular weight is 387 g/mol. The zero-order chi connectivity index (χ0) is 19.2. The van der Waals surface area contributed by atoms with Gasteiger partial charge in [0.25, 0.3) is 11.8 Å². The predicted molar refractivity (Wildman–Crippen MR) is 106 cm³/mol. The Morgan fingerprint density at radius 3 is 2.48 bits per heavy atom. The third kappa shape index (κ3) is 4.61. The number of para-hydroxylation sites is 2. The van der Waals surface area contributed by atoms with E-state index < -0.39 is 6.10 Å². The molecular weight excluding hydrogens is 364 g/mol. The Bertz CT molecular complexity index is 819. The Hall–Kier alpha value is -2.53. The fraction of sp³-hybridized carbons (Fsp3) is 0.333. The Balaban J connectivity index is 1.74. The lowest BCUT2D eigenvalue weighted by molar-refractivity contribution is -0.122. The van der Waals surface area contributed by atoms with Crippen molar-refractivity contribution < 1.29 is 14.3 Å². The highest BCUT2D eigenvalue weighted by Gasteiger charge is 2.24. The molecule has 3 rings (SSSR count). The maximum absolute atomic E-state index is 12.8. The largest absolute Gasteiger partial charge is 0.479 e. The van der Waals surface area contributed by atoms with E-state index in [4.69, 9.17) is 16.3 Å². The molecule has 6 heteroatoms. The number of rotatable bonds is 6. The number of halogens is 1. The van der Waals surface area contributed by atoms with Crippen LogP contribution in [-0.2, 0) is 4.79 Å². The summed E-state index contributed by atoms with van der Waals surface area (Å²) in [7, 11) is 0. The van der Waals surface area contributed by atoms with E-state index in [0.29, 0.717) is 28.4 Å². The third-order valence-electron chi connectivity index (χ3n) is 4.58. The summed E-state index contributed by atoms with van der Waals surface area (Å²) in [6, 6.07) is 14.1. The van der Waals surface area contributed by atoms with Crippen molar-refractivity contribution in [2.75, 3.05) is 18.4 Å². The zero-order valence-corrected chi connectivity index (χ0v) is 16.0. The summed E-state index contributed by atoms with van der Waals surface area (Å²) in [5.74, 6) is 0.102. The first kappa shape index (κ1) is 19.2. The standard InChI is InChI=1S/C21H23ClN2O3/c1-2-18(27-19-12-6-4-10-16(19)22)20(25)23-17-11-5-3-9-15(17)21(26)24-13-7-8-14-24/h3-6,9-12,18H,2,7-8,13-14H2,1H3,(H,23,25)/t18-/m1/s1. The van der Waals surface area contributed by atoms with Crippen LogP contribution in [0.5, 0.6) is 5.75 Å². The molecule has 5 nitrogen and oxygen atoms in total. The van der Waals surface area contributed by atoms with Gasteiger partial charge in [0.1, 0.15) is 5.75 Å². The molecule has 2 aromatic rings. The van der Waals surface area contributed by atoms with Crippen LogP contribution in [-0.4, -0.2) is 35.9 Å². The summed E-state index contributed by atoms with van der Waals surface area (Å²) in [5.41, 5.74) is 1.00. The Morgan fingerprint density at radius 1 is 1.11 bits per heavy atom. The molecule has 1 atom stereocenters. The van der Waals surface area contributed by atoms with Crippen molar-refractivity contribution in [3.63, 3.8) is 0 Å². The highest BCUT2D eigenvalue weighted by atomic mass is 35.5. The van der Waals surface area contributed by atoms with Gasteiger partial charge in [-0.05, 0) is 43.5 Å². The van der Waals surface area contributed by atoms with Crippen LogP contribution in [0.4, 0.5) is 5.69 Å². The first-order valence-electron chi connectivity index (χ1n) is 9.20. The second kappa shape index (κ2) is 8.91. The summed E-state index contributed by atoms with van der Waals surface area (Å²) >= 11 is 6.12. The molecule has 27 heavy (non-hydrogen) atoms. The Labute approximate surface area is 164 Å². The molecular formula is C21H23ClN2O3. The lowest BCUT2D eigenvalue weighted by atomic mass is 10.1. The van der Waals surface area contributed by atoms with E-state index in [1.165, 1.54) is 0 Å².